The van der Waals surface area contributed by atoms with Crippen LogP contribution in [0, 0.1) is 0 Å². The molecule has 0 saturated heterocycles. The molecule has 25 heavy (non-hydrogen) atoms. The van der Waals surface area contributed by atoms with E-state index in [1.807, 2.05) is 48.5 Å². The van der Waals surface area contributed by atoms with Gasteiger partial charge in [-0.3, -0.25) is 9.00 Å². The number of furan rings is 1. The minimum Gasteiger partial charge on any atom is -0.467 e. The molecule has 0 aliphatic heterocycles. The van der Waals surface area contributed by atoms with Crippen molar-refractivity contribution in [1.29, 1.82) is 0 Å². The van der Waals surface area contributed by atoms with Gasteiger partial charge in [-0.05, 0) is 35.4 Å². The van der Waals surface area contributed by atoms with E-state index < -0.39 is 10.8 Å². The molecule has 1 aromatic heterocycles. The Kier molecular flexibility index (Phi) is 5.46. The summed E-state index contributed by atoms with van der Waals surface area (Å²) in [4.78, 5) is 12.7. The van der Waals surface area contributed by atoms with Gasteiger partial charge in [-0.1, -0.05) is 42.5 Å². The van der Waals surface area contributed by atoms with E-state index in [9.17, 15) is 9.00 Å². The first-order valence-electron chi connectivity index (χ1n) is 7.91. The first-order chi connectivity index (χ1) is 12.1. The van der Waals surface area contributed by atoms with Crippen LogP contribution in [0.4, 0.5) is 0 Å². The minimum atomic E-state index is -0.949. The van der Waals surface area contributed by atoms with Crippen molar-refractivity contribution in [3.8, 4) is 0 Å². The highest BCUT2D eigenvalue weighted by molar-refractivity contribution is 7.83. The highest BCUT2D eigenvalue weighted by Gasteiger charge is 2.20. The van der Waals surface area contributed by atoms with E-state index in [1.54, 1.807) is 30.7 Å². The number of hydrogen-bond acceptors (Lipinski definition) is 3. The monoisotopic (exact) mass is 353 g/mol. The van der Waals surface area contributed by atoms with Crippen molar-refractivity contribution in [3.63, 3.8) is 0 Å². The van der Waals surface area contributed by atoms with Gasteiger partial charge >= 0.3 is 0 Å². The van der Waals surface area contributed by atoms with E-state index in [2.05, 4.69) is 5.32 Å². The number of hydrogen-bond donors (Lipinski definition) is 1. The van der Waals surface area contributed by atoms with Gasteiger partial charge in [0.1, 0.15) is 11.8 Å². The highest BCUT2D eigenvalue weighted by Crippen LogP contribution is 2.23. The first-order valence-corrected chi connectivity index (χ1v) is 9.64. The molecule has 4 nitrogen and oxygen atoms in total. The Morgan fingerprint density at radius 1 is 1.08 bits per heavy atom. The summed E-state index contributed by atoms with van der Waals surface area (Å²) < 4.78 is 16.9. The lowest BCUT2D eigenvalue weighted by atomic mass is 10.0. The van der Waals surface area contributed by atoms with Crippen LogP contribution in [0.5, 0.6) is 0 Å². The molecule has 1 heterocycles. The predicted octanol–water partition coefficient (Wildman–Crippen LogP) is 3.68. The quantitative estimate of drug-likeness (QED) is 0.735. The molecular weight excluding hydrogens is 334 g/mol. The zero-order valence-electron chi connectivity index (χ0n) is 13.8. The molecule has 2 unspecified atom stereocenters. The predicted molar refractivity (Wildman–Crippen MR) is 98.7 cm³/mol. The van der Waals surface area contributed by atoms with Crippen LogP contribution in [0.2, 0.25) is 0 Å². The standard InChI is InChI=1S/C20H19NO3S/c1-25(23)14-15-7-5-10-17(13-15)20(22)21-19(18-11-6-12-24-18)16-8-3-2-4-9-16/h2-13,19H,14H2,1H3,(H,21,22). The van der Waals surface area contributed by atoms with Crippen molar-refractivity contribution < 1.29 is 13.4 Å². The fourth-order valence-electron chi connectivity index (χ4n) is 2.67. The van der Waals surface area contributed by atoms with Crippen molar-refractivity contribution in [2.45, 2.75) is 11.8 Å². The Morgan fingerprint density at radius 2 is 1.88 bits per heavy atom. The molecule has 0 spiro atoms. The number of rotatable bonds is 6. The Hall–Kier alpha value is -2.66. The van der Waals surface area contributed by atoms with Crippen molar-refractivity contribution >= 4 is 16.7 Å². The van der Waals surface area contributed by atoms with E-state index in [-0.39, 0.29) is 11.9 Å². The first kappa shape index (κ1) is 17.2. The second-order valence-corrected chi connectivity index (χ2v) is 7.19. The van der Waals surface area contributed by atoms with Crippen molar-refractivity contribution in [1.82, 2.24) is 5.32 Å². The van der Waals surface area contributed by atoms with Gasteiger partial charge in [-0.25, -0.2) is 0 Å². The molecular formula is C20H19NO3S. The number of amides is 1. The molecule has 0 radical (unpaired) electrons. The SMILES string of the molecule is CS(=O)Cc1cccc(C(=O)NC(c2ccccc2)c2ccco2)c1. The smallest absolute Gasteiger partial charge is 0.252 e. The van der Waals surface area contributed by atoms with Crippen LogP contribution in [0.15, 0.2) is 77.4 Å². The second-order valence-electron chi connectivity index (χ2n) is 5.75. The molecule has 0 saturated carbocycles. The minimum absolute atomic E-state index is 0.200. The molecule has 0 aliphatic rings. The fourth-order valence-corrected chi connectivity index (χ4v) is 3.32. The van der Waals surface area contributed by atoms with Crippen LogP contribution in [0.3, 0.4) is 0 Å². The molecule has 0 aliphatic carbocycles. The molecule has 5 heteroatoms. The Labute approximate surface area is 149 Å². The average molecular weight is 353 g/mol. The van der Waals surface area contributed by atoms with Crippen LogP contribution in [-0.4, -0.2) is 16.4 Å². The number of carbonyl (C=O) groups excluding carboxylic acids is 1. The number of benzene rings is 2. The summed E-state index contributed by atoms with van der Waals surface area (Å²) in [5.74, 6) is 0.904. The third-order valence-corrected chi connectivity index (χ3v) is 4.53. The van der Waals surface area contributed by atoms with Gasteiger partial charge in [0.15, 0.2) is 0 Å². The summed E-state index contributed by atoms with van der Waals surface area (Å²) in [7, 11) is -0.949. The molecule has 128 valence electrons. The Bertz CT molecular complexity index is 860. The maximum absolute atomic E-state index is 12.7. The van der Waals surface area contributed by atoms with E-state index >= 15 is 0 Å². The largest absolute Gasteiger partial charge is 0.467 e. The zero-order valence-corrected chi connectivity index (χ0v) is 14.7. The van der Waals surface area contributed by atoms with Crippen LogP contribution in [0.25, 0.3) is 0 Å². The zero-order chi connectivity index (χ0) is 17.6. The summed E-state index contributed by atoms with van der Waals surface area (Å²) in [6.45, 7) is 0. The van der Waals surface area contributed by atoms with Crippen LogP contribution in [0.1, 0.15) is 33.3 Å². The van der Waals surface area contributed by atoms with Crippen molar-refractivity contribution in [2.75, 3.05) is 6.26 Å². The maximum atomic E-state index is 12.7. The molecule has 1 amide bonds. The fraction of sp³-hybridized carbons (Fsp3) is 0.150. The summed E-state index contributed by atoms with van der Waals surface area (Å²) in [5.41, 5.74) is 2.36. The molecule has 2 atom stereocenters. The van der Waals surface area contributed by atoms with Crippen LogP contribution in [-0.2, 0) is 16.6 Å². The number of carbonyl (C=O) groups is 1. The van der Waals surface area contributed by atoms with E-state index in [0.29, 0.717) is 17.1 Å². The molecule has 3 aromatic rings. The maximum Gasteiger partial charge on any atom is 0.252 e. The van der Waals surface area contributed by atoms with Crippen molar-refractivity contribution in [2.24, 2.45) is 0 Å². The second kappa shape index (κ2) is 7.94. The summed E-state index contributed by atoms with van der Waals surface area (Å²) in [6, 6.07) is 20.2. The molecule has 1 N–H and O–H groups in total. The lowest BCUT2D eigenvalue weighted by Gasteiger charge is -2.17. The van der Waals surface area contributed by atoms with Gasteiger partial charge in [0.2, 0.25) is 0 Å². The Morgan fingerprint density at radius 3 is 2.56 bits per heavy atom. The summed E-state index contributed by atoms with van der Waals surface area (Å²) in [6.07, 6.45) is 3.24. The lowest BCUT2D eigenvalue weighted by molar-refractivity contribution is 0.0939. The van der Waals surface area contributed by atoms with Gasteiger partial charge in [-0.2, -0.15) is 0 Å². The van der Waals surface area contributed by atoms with Gasteiger partial charge in [0, 0.05) is 28.4 Å². The summed E-state index contributed by atoms with van der Waals surface area (Å²) >= 11 is 0. The highest BCUT2D eigenvalue weighted by atomic mass is 32.2. The third kappa shape index (κ3) is 4.45. The molecule has 3 rings (SSSR count). The van der Waals surface area contributed by atoms with Crippen molar-refractivity contribution in [3.05, 3.63) is 95.4 Å². The summed E-state index contributed by atoms with van der Waals surface area (Å²) in [5, 5.41) is 3.02. The molecule has 0 fully saturated rings. The van der Waals surface area contributed by atoms with E-state index in [1.165, 1.54) is 0 Å². The lowest BCUT2D eigenvalue weighted by Crippen LogP contribution is -2.29. The van der Waals surface area contributed by atoms with Gasteiger partial charge in [0.25, 0.3) is 5.91 Å². The normalized spacial score (nSPS) is 13.2. The van der Waals surface area contributed by atoms with E-state index in [0.717, 1.165) is 11.1 Å². The molecule has 0 bridgehead atoms. The van der Waals surface area contributed by atoms with Crippen LogP contribution < -0.4 is 5.32 Å². The average Bonchev–Trinajstić information content (AvgIpc) is 3.14. The van der Waals surface area contributed by atoms with Crippen LogP contribution >= 0.6 is 0 Å². The topological polar surface area (TPSA) is 59.3 Å². The number of nitrogens with one attached hydrogen (secondary N) is 1. The van der Waals surface area contributed by atoms with Gasteiger partial charge in [-0.15, -0.1) is 0 Å². The molecule has 2 aromatic carbocycles. The van der Waals surface area contributed by atoms with Gasteiger partial charge in [0.05, 0.1) is 6.26 Å². The van der Waals surface area contributed by atoms with E-state index in [4.69, 9.17) is 4.42 Å². The van der Waals surface area contributed by atoms with Gasteiger partial charge < -0.3 is 9.73 Å². The third-order valence-electron chi connectivity index (χ3n) is 3.80. The Balaban J connectivity index is 1.85.